The number of rotatable bonds is 3. The Kier molecular flexibility index (Phi) is 2.47. The van der Waals surface area contributed by atoms with Crippen LogP contribution in [0.1, 0.15) is 30.9 Å². The number of benzene rings is 1. The van der Waals surface area contributed by atoms with Gasteiger partial charge in [0.2, 0.25) is 0 Å². The summed E-state index contributed by atoms with van der Waals surface area (Å²) in [4.78, 5) is 0. The third kappa shape index (κ3) is 1.63. The second kappa shape index (κ2) is 3.53. The van der Waals surface area contributed by atoms with Gasteiger partial charge in [0.15, 0.2) is 0 Å². The summed E-state index contributed by atoms with van der Waals surface area (Å²) in [6, 6.07) is 6.61. The third-order valence-electron chi connectivity index (χ3n) is 3.55. The summed E-state index contributed by atoms with van der Waals surface area (Å²) in [6.45, 7) is 4.17. The van der Waals surface area contributed by atoms with Crippen LogP contribution in [0.2, 0.25) is 0 Å². The number of ether oxygens (including phenoxy) is 1. The second-order valence-corrected chi connectivity index (χ2v) is 4.65. The van der Waals surface area contributed by atoms with Crippen molar-refractivity contribution in [1.29, 1.82) is 0 Å². The lowest BCUT2D eigenvalue weighted by Gasteiger charge is -2.22. The first-order valence-corrected chi connectivity index (χ1v) is 5.51. The van der Waals surface area contributed by atoms with Crippen molar-refractivity contribution in [3.63, 3.8) is 0 Å². The molecule has 2 rings (SSSR count). The zero-order valence-electron chi connectivity index (χ0n) is 9.71. The van der Waals surface area contributed by atoms with Crippen LogP contribution in [-0.2, 0) is 5.41 Å². The largest absolute Gasteiger partial charge is 0.496 e. The molecule has 0 saturated heterocycles. The molecule has 2 N–H and O–H groups in total. The fraction of sp³-hybridized carbons (Fsp3) is 0.538. The number of hydrogen-bond acceptors (Lipinski definition) is 2. The molecule has 1 aliphatic rings. The molecular weight excluding hydrogens is 186 g/mol. The van der Waals surface area contributed by atoms with Crippen LogP contribution >= 0.6 is 0 Å². The van der Waals surface area contributed by atoms with Gasteiger partial charge in [-0.15, -0.1) is 0 Å². The van der Waals surface area contributed by atoms with Gasteiger partial charge in [0.05, 0.1) is 7.11 Å². The van der Waals surface area contributed by atoms with E-state index in [2.05, 4.69) is 32.0 Å². The molecule has 0 amide bonds. The van der Waals surface area contributed by atoms with E-state index >= 15 is 0 Å². The Balaban J connectivity index is 2.44. The predicted molar refractivity (Wildman–Crippen MR) is 62.3 cm³/mol. The molecule has 0 bridgehead atoms. The van der Waals surface area contributed by atoms with Gasteiger partial charge in [0.25, 0.3) is 0 Å². The first-order chi connectivity index (χ1) is 7.10. The zero-order valence-corrected chi connectivity index (χ0v) is 9.71. The van der Waals surface area contributed by atoms with Gasteiger partial charge in [-0.3, -0.25) is 0 Å². The first kappa shape index (κ1) is 10.5. The van der Waals surface area contributed by atoms with Crippen molar-refractivity contribution in [2.45, 2.75) is 38.1 Å². The maximum Gasteiger partial charge on any atom is 0.122 e. The molecule has 1 unspecified atom stereocenters. The predicted octanol–water partition coefficient (Wildman–Crippen LogP) is 2.38. The third-order valence-corrected chi connectivity index (χ3v) is 3.55. The van der Waals surface area contributed by atoms with E-state index in [0.717, 1.165) is 5.75 Å². The van der Waals surface area contributed by atoms with Gasteiger partial charge in [-0.05, 0) is 38.3 Å². The van der Waals surface area contributed by atoms with E-state index in [-0.39, 0.29) is 11.5 Å². The highest BCUT2D eigenvalue weighted by atomic mass is 16.5. The van der Waals surface area contributed by atoms with Crippen molar-refractivity contribution in [3.05, 3.63) is 29.3 Å². The van der Waals surface area contributed by atoms with E-state index in [0.29, 0.717) is 0 Å². The van der Waals surface area contributed by atoms with Gasteiger partial charge in [0, 0.05) is 17.0 Å². The van der Waals surface area contributed by atoms with Gasteiger partial charge >= 0.3 is 0 Å². The van der Waals surface area contributed by atoms with Crippen molar-refractivity contribution in [1.82, 2.24) is 0 Å². The molecule has 0 aliphatic heterocycles. The summed E-state index contributed by atoms with van der Waals surface area (Å²) >= 11 is 0. The van der Waals surface area contributed by atoms with Crippen molar-refractivity contribution in [3.8, 4) is 5.75 Å². The highest BCUT2D eigenvalue weighted by Crippen LogP contribution is 2.53. The molecule has 1 aliphatic carbocycles. The highest BCUT2D eigenvalue weighted by Gasteiger charge is 2.48. The summed E-state index contributed by atoms with van der Waals surface area (Å²) in [7, 11) is 1.73. The summed E-state index contributed by atoms with van der Waals surface area (Å²) in [6.07, 6.45) is 2.37. The molecule has 82 valence electrons. The van der Waals surface area contributed by atoms with Gasteiger partial charge in [0.1, 0.15) is 5.75 Å². The SMILES string of the molecule is COc1cc(C)ccc1C1(C(C)N)CC1. The molecule has 0 aromatic heterocycles. The molecule has 0 heterocycles. The molecule has 1 saturated carbocycles. The lowest BCUT2D eigenvalue weighted by atomic mass is 9.88. The summed E-state index contributed by atoms with van der Waals surface area (Å²) in [5.41, 5.74) is 8.77. The van der Waals surface area contributed by atoms with E-state index in [9.17, 15) is 0 Å². The van der Waals surface area contributed by atoms with Crippen LogP contribution in [-0.4, -0.2) is 13.2 Å². The number of aryl methyl sites for hydroxylation is 1. The minimum atomic E-state index is 0.180. The smallest absolute Gasteiger partial charge is 0.122 e. The van der Waals surface area contributed by atoms with Crippen molar-refractivity contribution < 1.29 is 4.74 Å². The fourth-order valence-electron chi connectivity index (χ4n) is 2.31. The molecule has 0 spiro atoms. The minimum absolute atomic E-state index is 0.180. The molecule has 2 nitrogen and oxygen atoms in total. The Morgan fingerprint density at radius 2 is 2.07 bits per heavy atom. The van der Waals surface area contributed by atoms with Gasteiger partial charge in [-0.1, -0.05) is 12.1 Å². The molecule has 15 heavy (non-hydrogen) atoms. The van der Waals surface area contributed by atoms with Crippen LogP contribution < -0.4 is 10.5 Å². The molecule has 1 fully saturated rings. The zero-order chi connectivity index (χ0) is 11.1. The topological polar surface area (TPSA) is 35.2 Å². The average molecular weight is 205 g/mol. The van der Waals surface area contributed by atoms with Crippen LogP contribution in [0, 0.1) is 6.92 Å². The van der Waals surface area contributed by atoms with Crippen molar-refractivity contribution >= 4 is 0 Å². The number of methoxy groups -OCH3 is 1. The lowest BCUT2D eigenvalue weighted by molar-refractivity contribution is 0.398. The Labute approximate surface area is 91.4 Å². The molecule has 2 heteroatoms. The molecule has 1 atom stereocenters. The van der Waals surface area contributed by atoms with Crippen LogP contribution in [0.15, 0.2) is 18.2 Å². The number of hydrogen-bond donors (Lipinski definition) is 1. The number of nitrogens with two attached hydrogens (primary N) is 1. The van der Waals surface area contributed by atoms with Crippen LogP contribution in [0.5, 0.6) is 5.75 Å². The maximum absolute atomic E-state index is 6.07. The molecule has 1 aromatic carbocycles. The van der Waals surface area contributed by atoms with E-state index < -0.39 is 0 Å². The second-order valence-electron chi connectivity index (χ2n) is 4.65. The Hall–Kier alpha value is -1.02. The fourth-order valence-corrected chi connectivity index (χ4v) is 2.31. The Bertz CT molecular complexity index is 367. The lowest BCUT2D eigenvalue weighted by Crippen LogP contribution is -2.31. The van der Waals surface area contributed by atoms with E-state index in [4.69, 9.17) is 10.5 Å². The maximum atomic E-state index is 6.07. The van der Waals surface area contributed by atoms with Gasteiger partial charge < -0.3 is 10.5 Å². The summed E-state index contributed by atoms with van der Waals surface area (Å²) in [5.74, 6) is 0.991. The monoisotopic (exact) mass is 205 g/mol. The van der Waals surface area contributed by atoms with Gasteiger partial charge in [-0.25, -0.2) is 0 Å². The Morgan fingerprint density at radius 3 is 2.53 bits per heavy atom. The summed E-state index contributed by atoms with van der Waals surface area (Å²) in [5, 5.41) is 0. The summed E-state index contributed by atoms with van der Waals surface area (Å²) < 4.78 is 5.45. The average Bonchev–Trinajstić information content (AvgIpc) is 2.98. The van der Waals surface area contributed by atoms with E-state index in [1.807, 2.05) is 0 Å². The molecular formula is C13H19NO. The van der Waals surface area contributed by atoms with Crippen LogP contribution in [0.25, 0.3) is 0 Å². The van der Waals surface area contributed by atoms with Crippen LogP contribution in [0.3, 0.4) is 0 Å². The Morgan fingerprint density at radius 1 is 1.40 bits per heavy atom. The van der Waals surface area contributed by atoms with Crippen molar-refractivity contribution in [2.75, 3.05) is 7.11 Å². The molecule has 1 aromatic rings. The van der Waals surface area contributed by atoms with Crippen LogP contribution in [0.4, 0.5) is 0 Å². The molecule has 0 radical (unpaired) electrons. The normalized spacial score (nSPS) is 19.7. The quantitative estimate of drug-likeness (QED) is 0.822. The first-order valence-electron chi connectivity index (χ1n) is 5.51. The van der Waals surface area contributed by atoms with E-state index in [1.165, 1.54) is 24.0 Å². The van der Waals surface area contributed by atoms with Crippen molar-refractivity contribution in [2.24, 2.45) is 5.73 Å². The highest BCUT2D eigenvalue weighted by molar-refractivity contribution is 5.46. The minimum Gasteiger partial charge on any atom is -0.496 e. The standard InChI is InChI=1S/C13H19NO/c1-9-4-5-11(12(8-9)15-3)13(6-7-13)10(2)14/h4-5,8,10H,6-7,14H2,1-3H3. The van der Waals surface area contributed by atoms with E-state index in [1.54, 1.807) is 7.11 Å². The van der Waals surface area contributed by atoms with Gasteiger partial charge in [-0.2, -0.15) is 0 Å².